The molecule has 3 aliphatic rings. The van der Waals surface area contributed by atoms with Crippen molar-refractivity contribution in [1.82, 2.24) is 10.6 Å². The number of hydrogen-bond donors (Lipinski definition) is 3. The van der Waals surface area contributed by atoms with Crippen LogP contribution >= 0.6 is 0 Å². The molecule has 35 heavy (non-hydrogen) atoms. The van der Waals surface area contributed by atoms with Crippen molar-refractivity contribution in [3.8, 4) is 11.1 Å². The first-order valence-electron chi connectivity index (χ1n) is 12.4. The smallest absolute Gasteiger partial charge is 0.407 e. The van der Waals surface area contributed by atoms with Crippen molar-refractivity contribution in [2.24, 2.45) is 17.8 Å². The van der Waals surface area contributed by atoms with Gasteiger partial charge in [-0.25, -0.2) is 4.79 Å². The Bertz CT molecular complexity index is 1110. The van der Waals surface area contributed by atoms with Gasteiger partial charge in [-0.2, -0.15) is 0 Å². The summed E-state index contributed by atoms with van der Waals surface area (Å²) in [5, 5.41) is 15.0. The first-order chi connectivity index (χ1) is 16.7. The van der Waals surface area contributed by atoms with Crippen molar-refractivity contribution in [3.05, 3.63) is 59.7 Å². The number of amides is 2. The summed E-state index contributed by atoms with van der Waals surface area (Å²) >= 11 is 0. The average molecular weight is 477 g/mol. The van der Waals surface area contributed by atoms with Crippen molar-refractivity contribution in [1.29, 1.82) is 0 Å². The third-order valence-electron chi connectivity index (χ3n) is 7.90. The van der Waals surface area contributed by atoms with E-state index in [0.717, 1.165) is 12.8 Å². The monoisotopic (exact) mass is 476 g/mol. The van der Waals surface area contributed by atoms with E-state index in [-0.39, 0.29) is 42.7 Å². The van der Waals surface area contributed by atoms with Gasteiger partial charge in [0.2, 0.25) is 5.91 Å². The number of carbonyl (C=O) groups is 3. The van der Waals surface area contributed by atoms with Gasteiger partial charge in [0.25, 0.3) is 0 Å². The summed E-state index contributed by atoms with van der Waals surface area (Å²) in [6.07, 6.45) is 1.79. The van der Waals surface area contributed by atoms with E-state index in [1.165, 1.54) is 22.3 Å². The second kappa shape index (κ2) is 9.02. The highest BCUT2D eigenvalue weighted by atomic mass is 16.5. The molecular weight excluding hydrogens is 444 g/mol. The molecule has 0 bridgehead atoms. The van der Waals surface area contributed by atoms with Crippen LogP contribution in [0.25, 0.3) is 11.1 Å². The fourth-order valence-electron chi connectivity index (χ4n) is 6.26. The highest BCUT2D eigenvalue weighted by Crippen LogP contribution is 2.50. The van der Waals surface area contributed by atoms with Crippen LogP contribution in [0.4, 0.5) is 4.79 Å². The van der Waals surface area contributed by atoms with Gasteiger partial charge in [-0.3, -0.25) is 9.59 Å². The summed E-state index contributed by atoms with van der Waals surface area (Å²) in [5.41, 5.74) is 3.96. The van der Waals surface area contributed by atoms with Crippen LogP contribution in [0.2, 0.25) is 0 Å². The molecule has 4 atom stereocenters. The predicted octanol–water partition coefficient (Wildman–Crippen LogP) is 4.31. The Balaban J connectivity index is 1.13. The number of nitrogens with one attached hydrogen (secondary N) is 2. The Morgan fingerprint density at radius 3 is 2.23 bits per heavy atom. The van der Waals surface area contributed by atoms with Gasteiger partial charge in [0.15, 0.2) is 0 Å². The van der Waals surface area contributed by atoms with E-state index in [9.17, 15) is 14.4 Å². The molecule has 184 valence electrons. The highest BCUT2D eigenvalue weighted by Gasteiger charge is 2.50. The number of benzene rings is 2. The summed E-state index contributed by atoms with van der Waals surface area (Å²) in [4.78, 5) is 36.4. The Labute approximate surface area is 205 Å². The normalized spacial score (nSPS) is 24.5. The molecule has 2 aromatic rings. The van der Waals surface area contributed by atoms with E-state index in [4.69, 9.17) is 9.84 Å². The number of carboxylic acids is 1. The quantitative estimate of drug-likeness (QED) is 0.552. The molecule has 3 aliphatic carbocycles. The van der Waals surface area contributed by atoms with E-state index in [1.54, 1.807) is 13.8 Å². The summed E-state index contributed by atoms with van der Waals surface area (Å²) in [6, 6.07) is 16.5. The maximum absolute atomic E-state index is 12.7. The van der Waals surface area contributed by atoms with Gasteiger partial charge >= 0.3 is 12.1 Å². The molecule has 2 amide bonds. The van der Waals surface area contributed by atoms with Gasteiger partial charge in [-0.05, 0) is 67.2 Å². The summed E-state index contributed by atoms with van der Waals surface area (Å²) in [6.45, 7) is 3.73. The summed E-state index contributed by atoms with van der Waals surface area (Å²) < 4.78 is 5.69. The number of carbonyl (C=O) groups excluding carboxylic acids is 2. The van der Waals surface area contributed by atoms with Gasteiger partial charge in [-0.1, -0.05) is 48.5 Å². The first-order valence-corrected chi connectivity index (χ1v) is 12.4. The van der Waals surface area contributed by atoms with Crippen molar-refractivity contribution in [2.45, 2.75) is 57.0 Å². The molecule has 0 heterocycles. The lowest BCUT2D eigenvalue weighted by Gasteiger charge is -2.40. The molecule has 1 unspecified atom stereocenters. The van der Waals surface area contributed by atoms with Crippen LogP contribution in [0.15, 0.2) is 48.5 Å². The topological polar surface area (TPSA) is 105 Å². The largest absolute Gasteiger partial charge is 0.481 e. The second-order valence-corrected chi connectivity index (χ2v) is 10.8. The van der Waals surface area contributed by atoms with Crippen LogP contribution in [-0.2, 0) is 14.3 Å². The molecular formula is C28H32N2O5. The van der Waals surface area contributed by atoms with E-state index in [0.29, 0.717) is 12.3 Å². The third-order valence-corrected chi connectivity index (χ3v) is 7.90. The van der Waals surface area contributed by atoms with E-state index in [1.807, 2.05) is 24.3 Å². The summed E-state index contributed by atoms with van der Waals surface area (Å²) in [7, 11) is 0. The number of fused-ring (bicyclic) bond motifs is 4. The lowest BCUT2D eigenvalue weighted by Crippen LogP contribution is -2.50. The SMILES string of the molecule is CC(C)(CC(=O)O)NC(=O)C1C[C@H]2C[C@@H](NC(=O)OCC3c4ccccc4-c4ccccc43)[C@H]2C1. The van der Waals surface area contributed by atoms with Crippen molar-refractivity contribution < 1.29 is 24.2 Å². The Morgan fingerprint density at radius 1 is 0.971 bits per heavy atom. The summed E-state index contributed by atoms with van der Waals surface area (Å²) in [5.74, 6) is -0.482. The van der Waals surface area contributed by atoms with Crippen molar-refractivity contribution in [3.63, 3.8) is 0 Å². The standard InChI is InChI=1S/C28H32N2O5/c1-28(2,14-25(31)32)30-26(33)17-11-16-13-24(22(16)12-17)29-27(34)35-15-23-20-9-5-3-7-18(20)19-8-4-6-10-21(19)23/h3-10,16-17,22-24H,11-15H2,1-2H3,(H,29,34)(H,30,33)(H,31,32)/t16-,17?,22-,24+/m0/s1. The fraction of sp³-hybridized carbons (Fsp3) is 0.464. The zero-order valence-electron chi connectivity index (χ0n) is 20.1. The minimum atomic E-state index is -0.936. The molecule has 3 N–H and O–H groups in total. The lowest BCUT2D eigenvalue weighted by molar-refractivity contribution is -0.139. The van der Waals surface area contributed by atoms with E-state index in [2.05, 4.69) is 34.9 Å². The molecule has 2 aromatic carbocycles. The number of hydrogen-bond acceptors (Lipinski definition) is 4. The number of alkyl carbamates (subject to hydrolysis) is 1. The van der Waals surface area contributed by atoms with Crippen molar-refractivity contribution >= 4 is 18.0 Å². The lowest BCUT2D eigenvalue weighted by atomic mass is 9.71. The van der Waals surface area contributed by atoms with Crippen LogP contribution in [0, 0.1) is 17.8 Å². The first kappa shape index (κ1) is 23.4. The average Bonchev–Trinajstić information content (AvgIpc) is 3.30. The molecule has 0 aromatic heterocycles. The molecule has 2 saturated carbocycles. The number of rotatable bonds is 7. The molecule has 0 aliphatic heterocycles. The van der Waals surface area contributed by atoms with Crippen molar-refractivity contribution in [2.75, 3.05) is 6.61 Å². The second-order valence-electron chi connectivity index (χ2n) is 10.8. The van der Waals surface area contributed by atoms with Crippen LogP contribution in [0.3, 0.4) is 0 Å². The minimum absolute atomic E-state index is 0.0143. The van der Waals surface area contributed by atoms with Crippen LogP contribution in [-0.4, -0.2) is 41.3 Å². The number of carboxylic acid groups (broad SMARTS) is 1. The Morgan fingerprint density at radius 2 is 1.60 bits per heavy atom. The molecule has 0 radical (unpaired) electrons. The zero-order valence-corrected chi connectivity index (χ0v) is 20.1. The van der Waals surface area contributed by atoms with Gasteiger partial charge in [-0.15, -0.1) is 0 Å². The maximum atomic E-state index is 12.7. The molecule has 5 rings (SSSR count). The zero-order chi connectivity index (χ0) is 24.7. The number of aliphatic carboxylic acids is 1. The van der Waals surface area contributed by atoms with Gasteiger partial charge in [0, 0.05) is 23.4 Å². The van der Waals surface area contributed by atoms with Gasteiger partial charge in [0.1, 0.15) is 6.61 Å². The Hall–Kier alpha value is -3.35. The maximum Gasteiger partial charge on any atom is 0.407 e. The molecule has 7 nitrogen and oxygen atoms in total. The molecule has 7 heteroatoms. The minimum Gasteiger partial charge on any atom is -0.481 e. The fourth-order valence-corrected chi connectivity index (χ4v) is 6.26. The highest BCUT2D eigenvalue weighted by molar-refractivity contribution is 5.81. The van der Waals surface area contributed by atoms with Crippen LogP contribution < -0.4 is 10.6 Å². The molecule has 2 fully saturated rings. The van der Waals surface area contributed by atoms with Gasteiger partial charge < -0.3 is 20.5 Å². The molecule has 0 saturated heterocycles. The predicted molar refractivity (Wildman–Crippen MR) is 131 cm³/mol. The third kappa shape index (κ3) is 4.64. The van der Waals surface area contributed by atoms with Gasteiger partial charge in [0.05, 0.1) is 6.42 Å². The molecule has 0 spiro atoms. The van der Waals surface area contributed by atoms with Crippen LogP contribution in [0.1, 0.15) is 56.6 Å². The number of ether oxygens (including phenoxy) is 1. The van der Waals surface area contributed by atoms with E-state index >= 15 is 0 Å². The van der Waals surface area contributed by atoms with Crippen LogP contribution in [0.5, 0.6) is 0 Å². The van der Waals surface area contributed by atoms with E-state index < -0.39 is 17.6 Å². The Kier molecular flexibility index (Phi) is 6.03.